The van der Waals surface area contributed by atoms with Gasteiger partial charge in [0.2, 0.25) is 5.91 Å². The van der Waals surface area contributed by atoms with Crippen molar-refractivity contribution in [3.63, 3.8) is 0 Å². The molecular formula is C23H28N4O2S. The van der Waals surface area contributed by atoms with Crippen LogP contribution in [0.15, 0.2) is 41.6 Å². The zero-order valence-electron chi connectivity index (χ0n) is 17.7. The molecule has 1 amide bonds. The Balaban J connectivity index is 1.57. The van der Waals surface area contributed by atoms with E-state index in [0.717, 1.165) is 23.6 Å². The average Bonchev–Trinajstić information content (AvgIpc) is 3.14. The fourth-order valence-electron chi connectivity index (χ4n) is 4.40. The number of benzene rings is 2. The number of amides is 1. The molecule has 1 aliphatic rings. The van der Waals surface area contributed by atoms with Gasteiger partial charge in [0.05, 0.1) is 11.3 Å². The lowest BCUT2D eigenvalue weighted by Gasteiger charge is -2.39. The normalized spacial score (nSPS) is 19.4. The van der Waals surface area contributed by atoms with E-state index in [0.29, 0.717) is 28.8 Å². The molecule has 0 unspecified atom stereocenters. The first-order valence-corrected chi connectivity index (χ1v) is 11.6. The van der Waals surface area contributed by atoms with E-state index in [1.807, 2.05) is 46.7 Å². The van der Waals surface area contributed by atoms with Gasteiger partial charge < -0.3 is 14.6 Å². The van der Waals surface area contributed by atoms with Crippen LogP contribution < -0.4 is 0 Å². The molecule has 1 aliphatic heterocycles. The lowest BCUT2D eigenvalue weighted by Crippen LogP contribution is -2.48. The number of nitrogens with zero attached hydrogens (tertiary/aromatic N) is 4. The molecule has 7 heteroatoms. The van der Waals surface area contributed by atoms with Crippen molar-refractivity contribution in [1.29, 1.82) is 0 Å². The van der Waals surface area contributed by atoms with E-state index in [1.54, 1.807) is 6.07 Å². The summed E-state index contributed by atoms with van der Waals surface area (Å²) >= 11 is 1.42. The van der Waals surface area contributed by atoms with Crippen molar-refractivity contribution >= 4 is 28.4 Å². The van der Waals surface area contributed by atoms with Gasteiger partial charge in [-0.25, -0.2) is 0 Å². The summed E-state index contributed by atoms with van der Waals surface area (Å²) in [4.78, 5) is 14.9. The maximum atomic E-state index is 12.9. The summed E-state index contributed by atoms with van der Waals surface area (Å²) in [6.07, 6.45) is 3.32. The molecule has 1 saturated heterocycles. The molecule has 0 radical (unpaired) electrons. The predicted molar refractivity (Wildman–Crippen MR) is 121 cm³/mol. The van der Waals surface area contributed by atoms with Crippen LogP contribution in [-0.2, 0) is 11.3 Å². The summed E-state index contributed by atoms with van der Waals surface area (Å²) in [5, 5.41) is 22.0. The second kappa shape index (κ2) is 8.68. The van der Waals surface area contributed by atoms with Crippen molar-refractivity contribution in [2.24, 2.45) is 0 Å². The zero-order chi connectivity index (χ0) is 21.3. The Morgan fingerprint density at radius 3 is 2.47 bits per heavy atom. The van der Waals surface area contributed by atoms with Gasteiger partial charge in [0, 0.05) is 18.6 Å². The van der Waals surface area contributed by atoms with Gasteiger partial charge in [0.15, 0.2) is 11.0 Å². The number of carbonyl (C=O) groups excluding carboxylic acids is 1. The number of phenols is 1. The Labute approximate surface area is 181 Å². The Morgan fingerprint density at radius 2 is 1.80 bits per heavy atom. The molecule has 2 aromatic carbocycles. The highest BCUT2D eigenvalue weighted by Gasteiger charge is 2.29. The maximum absolute atomic E-state index is 12.9. The summed E-state index contributed by atoms with van der Waals surface area (Å²) in [6.45, 7) is 6.94. The Kier molecular flexibility index (Phi) is 5.99. The van der Waals surface area contributed by atoms with Crippen molar-refractivity contribution in [1.82, 2.24) is 19.7 Å². The van der Waals surface area contributed by atoms with Crippen molar-refractivity contribution < 1.29 is 9.90 Å². The molecule has 0 spiro atoms. The number of hydrogen-bond acceptors (Lipinski definition) is 5. The molecule has 3 aromatic rings. The highest BCUT2D eigenvalue weighted by atomic mass is 32.2. The van der Waals surface area contributed by atoms with Crippen LogP contribution >= 0.6 is 11.8 Å². The van der Waals surface area contributed by atoms with Crippen molar-refractivity contribution in [2.75, 3.05) is 5.75 Å². The molecule has 1 fully saturated rings. The molecule has 4 rings (SSSR count). The highest BCUT2D eigenvalue weighted by Crippen LogP contribution is 2.34. The standard InChI is InChI=1S/C23H28N4O2S/c1-4-26-22(19-12-17-10-5-6-11-18(17)13-20(19)28)24-25-23(26)30-14-21(29)27-15(2)8-7-9-16(27)3/h5-6,10-13,15-16,28H,4,7-9,14H2,1-3H3/t15-,16-/m1/s1. The third kappa shape index (κ3) is 3.90. The number of piperidine rings is 1. The number of aromatic nitrogens is 3. The Hall–Kier alpha value is -2.54. The van der Waals surface area contributed by atoms with Crippen molar-refractivity contribution in [3.05, 3.63) is 36.4 Å². The summed E-state index contributed by atoms with van der Waals surface area (Å²) in [7, 11) is 0. The molecule has 1 N–H and O–H groups in total. The lowest BCUT2D eigenvalue weighted by molar-refractivity contribution is -0.134. The second-order valence-corrected chi connectivity index (χ2v) is 8.93. The molecule has 6 nitrogen and oxygen atoms in total. The summed E-state index contributed by atoms with van der Waals surface area (Å²) < 4.78 is 1.96. The number of carbonyl (C=O) groups is 1. The molecular weight excluding hydrogens is 396 g/mol. The van der Waals surface area contributed by atoms with Crippen LogP contribution in [0, 0.1) is 0 Å². The number of likely N-dealkylation sites (tertiary alicyclic amines) is 1. The summed E-state index contributed by atoms with van der Waals surface area (Å²) in [5.74, 6) is 1.30. The third-order valence-corrected chi connectivity index (χ3v) is 6.90. The van der Waals surface area contributed by atoms with E-state index >= 15 is 0 Å². The van der Waals surface area contributed by atoms with Gasteiger partial charge in [-0.3, -0.25) is 4.79 Å². The van der Waals surface area contributed by atoms with E-state index in [2.05, 4.69) is 24.0 Å². The van der Waals surface area contributed by atoms with Crippen molar-refractivity contribution in [3.8, 4) is 17.1 Å². The predicted octanol–water partition coefficient (Wildman–Crippen LogP) is 4.71. The summed E-state index contributed by atoms with van der Waals surface area (Å²) in [6, 6.07) is 12.2. The number of phenolic OH excluding ortho intramolecular Hbond substituents is 1. The molecule has 158 valence electrons. The van der Waals surface area contributed by atoms with E-state index in [1.165, 1.54) is 18.2 Å². The molecule has 2 atom stereocenters. The van der Waals surface area contributed by atoms with Crippen LogP contribution in [0.4, 0.5) is 0 Å². The van der Waals surface area contributed by atoms with Gasteiger partial charge in [-0.2, -0.15) is 0 Å². The fraction of sp³-hybridized carbons (Fsp3) is 0.435. The number of fused-ring (bicyclic) bond motifs is 1. The van der Waals surface area contributed by atoms with Gasteiger partial charge >= 0.3 is 0 Å². The minimum absolute atomic E-state index is 0.153. The van der Waals surface area contributed by atoms with Crippen molar-refractivity contribution in [2.45, 2.75) is 63.8 Å². The number of thioether (sulfide) groups is 1. The quantitative estimate of drug-likeness (QED) is 0.601. The van der Waals surface area contributed by atoms with Gasteiger partial charge in [-0.1, -0.05) is 36.0 Å². The van der Waals surface area contributed by atoms with Gasteiger partial charge in [-0.15, -0.1) is 10.2 Å². The largest absolute Gasteiger partial charge is 0.507 e. The minimum atomic E-state index is 0.153. The lowest BCUT2D eigenvalue weighted by atomic mass is 9.98. The van der Waals surface area contributed by atoms with E-state index in [4.69, 9.17) is 0 Å². The Morgan fingerprint density at radius 1 is 1.13 bits per heavy atom. The highest BCUT2D eigenvalue weighted by molar-refractivity contribution is 7.99. The minimum Gasteiger partial charge on any atom is -0.507 e. The van der Waals surface area contributed by atoms with Crippen LogP contribution in [0.1, 0.15) is 40.0 Å². The van der Waals surface area contributed by atoms with Crippen LogP contribution in [-0.4, -0.2) is 48.5 Å². The molecule has 0 saturated carbocycles. The van der Waals surface area contributed by atoms with Gasteiger partial charge in [-0.05, 0) is 62.9 Å². The van der Waals surface area contributed by atoms with E-state index < -0.39 is 0 Å². The number of rotatable bonds is 5. The molecule has 0 aliphatic carbocycles. The van der Waals surface area contributed by atoms with E-state index in [9.17, 15) is 9.90 Å². The number of aromatic hydroxyl groups is 1. The molecule has 2 heterocycles. The number of hydrogen-bond donors (Lipinski definition) is 1. The van der Waals surface area contributed by atoms with E-state index in [-0.39, 0.29) is 23.7 Å². The van der Waals surface area contributed by atoms with Gasteiger partial charge in [0.1, 0.15) is 5.75 Å². The topological polar surface area (TPSA) is 71.2 Å². The summed E-state index contributed by atoms with van der Waals surface area (Å²) in [5.41, 5.74) is 0.652. The van der Waals surface area contributed by atoms with Crippen LogP contribution in [0.2, 0.25) is 0 Å². The molecule has 30 heavy (non-hydrogen) atoms. The SMILES string of the molecule is CCn1c(SCC(=O)N2[C@H](C)CCC[C@H]2C)nnc1-c1cc2ccccc2cc1O. The first-order valence-electron chi connectivity index (χ1n) is 10.6. The van der Waals surface area contributed by atoms with Crippen LogP contribution in [0.25, 0.3) is 22.2 Å². The first-order chi connectivity index (χ1) is 14.5. The fourth-order valence-corrected chi connectivity index (χ4v) is 5.27. The Bertz CT molecular complexity index is 1050. The first kappa shape index (κ1) is 20.7. The molecule has 1 aromatic heterocycles. The maximum Gasteiger partial charge on any atom is 0.233 e. The second-order valence-electron chi connectivity index (χ2n) is 7.99. The average molecular weight is 425 g/mol. The zero-order valence-corrected chi connectivity index (χ0v) is 18.5. The smallest absolute Gasteiger partial charge is 0.233 e. The monoisotopic (exact) mass is 424 g/mol. The van der Waals surface area contributed by atoms with Gasteiger partial charge in [0.25, 0.3) is 0 Å². The third-order valence-electron chi connectivity index (χ3n) is 5.94. The van der Waals surface area contributed by atoms with Crippen LogP contribution in [0.5, 0.6) is 5.75 Å². The molecule has 0 bridgehead atoms. The van der Waals surface area contributed by atoms with Crippen LogP contribution in [0.3, 0.4) is 0 Å².